The molecule has 0 aliphatic heterocycles. The van der Waals surface area contributed by atoms with E-state index in [9.17, 15) is 0 Å². The summed E-state index contributed by atoms with van der Waals surface area (Å²) in [6.45, 7) is 2.88. The lowest BCUT2D eigenvalue weighted by Crippen LogP contribution is -1.41. The molecule has 0 unspecified atom stereocenters. The Morgan fingerprint density at radius 3 is 2.20 bits per heavy atom. The second-order valence-corrected chi connectivity index (χ2v) is 0.320. The normalized spacial score (nSPS) is 8.80. The zero-order chi connectivity index (χ0) is 4.12. The van der Waals surface area contributed by atoms with Crippen LogP contribution in [0.5, 0.6) is 0 Å². The molecule has 4 nitrogen and oxygen atoms in total. The summed E-state index contributed by atoms with van der Waals surface area (Å²) in [6.07, 6.45) is 0. The third-order valence-corrected chi connectivity index (χ3v) is 0.103. The summed E-state index contributed by atoms with van der Waals surface area (Å²) in [5.74, 6) is 0. The van der Waals surface area contributed by atoms with Crippen LogP contribution in [-0.2, 0) is 0 Å². The van der Waals surface area contributed by atoms with Crippen LogP contribution in [0.25, 0.3) is 0 Å². The largest absolute Gasteiger partial charge is 0.393 e. The van der Waals surface area contributed by atoms with Gasteiger partial charge in [0.2, 0.25) is 0 Å². The molecule has 0 rings (SSSR count). The summed E-state index contributed by atoms with van der Waals surface area (Å²) >= 11 is 0. The van der Waals surface area contributed by atoms with Crippen molar-refractivity contribution in [3.8, 4) is 0 Å². The maximum atomic E-state index is 7.39. The minimum absolute atomic E-state index is 2.25. The van der Waals surface area contributed by atoms with Crippen molar-refractivity contribution in [3.63, 3.8) is 0 Å². The molecule has 0 aromatic rings. The Kier molecular flexibility index (Phi) is 2.50. The van der Waals surface area contributed by atoms with Crippen LogP contribution in [0.15, 0.2) is 15.6 Å². The molecule has 0 amide bonds. The summed E-state index contributed by atoms with van der Waals surface area (Å²) in [7, 11) is 0. The first-order valence-corrected chi connectivity index (χ1v) is 0.916. The first kappa shape index (κ1) is 4.07. The molecule has 0 saturated carbocycles. The van der Waals surface area contributed by atoms with E-state index in [4.69, 9.17) is 5.21 Å². The van der Waals surface area contributed by atoms with Crippen LogP contribution < -0.4 is 0 Å². The van der Waals surface area contributed by atoms with Gasteiger partial charge in [0.05, 0.1) is 0 Å². The number of hydrogen-bond acceptors (Lipinski definition) is 2. The third-order valence-electron chi connectivity index (χ3n) is 0.103. The van der Waals surface area contributed by atoms with Crippen LogP contribution >= 0.6 is 0 Å². The van der Waals surface area contributed by atoms with Crippen LogP contribution in [0.2, 0.25) is 0 Å². The van der Waals surface area contributed by atoms with E-state index in [0.29, 0.717) is 0 Å². The van der Waals surface area contributed by atoms with Gasteiger partial charge in [-0.15, -0.1) is 5.10 Å². The molecule has 0 radical (unpaired) electrons. The van der Waals surface area contributed by atoms with Gasteiger partial charge >= 0.3 is 0 Å². The van der Waals surface area contributed by atoms with Crippen LogP contribution in [0.1, 0.15) is 0 Å². The lowest BCUT2D eigenvalue weighted by atomic mass is 11.7. The van der Waals surface area contributed by atoms with E-state index in [-0.39, 0.29) is 0 Å². The molecular formula is CH3N3O. The van der Waals surface area contributed by atoms with Crippen LogP contribution in [0.4, 0.5) is 0 Å². The minimum Gasteiger partial charge on any atom is -0.393 e. The monoisotopic (exact) mass is 73.0 g/mol. The quantitative estimate of drug-likeness (QED) is 0.273. The Bertz CT molecular complexity index is 48.9. The molecule has 0 heterocycles. The summed E-state index contributed by atoms with van der Waals surface area (Å²) in [6, 6.07) is 0. The summed E-state index contributed by atoms with van der Waals surface area (Å²) in [5, 5.41) is 15.1. The maximum Gasteiger partial charge on any atom is 0.0450 e. The summed E-state index contributed by atoms with van der Waals surface area (Å²) < 4.78 is 0. The molecule has 0 aliphatic rings. The van der Waals surface area contributed by atoms with E-state index in [0.717, 1.165) is 0 Å². The molecule has 1 N–H and O–H groups in total. The van der Waals surface area contributed by atoms with Gasteiger partial charge in [-0.05, 0) is 5.22 Å². The van der Waals surface area contributed by atoms with Gasteiger partial charge in [-0.1, -0.05) is 0 Å². The van der Waals surface area contributed by atoms with Crippen LogP contribution in [0.3, 0.4) is 0 Å². The predicted octanol–water partition coefficient (Wildman–Crippen LogP) is 0.443. The molecule has 0 spiro atoms. The van der Waals surface area contributed by atoms with Gasteiger partial charge in [0.25, 0.3) is 0 Å². The van der Waals surface area contributed by atoms with Crippen molar-refractivity contribution in [2.24, 2.45) is 15.6 Å². The molecule has 5 heavy (non-hydrogen) atoms. The Balaban J connectivity index is 2.92. The Morgan fingerprint density at radius 1 is 1.60 bits per heavy atom. The molecule has 0 aromatic heterocycles. The number of rotatable bonds is 1. The van der Waals surface area contributed by atoms with E-state index in [1.165, 1.54) is 0 Å². The zero-order valence-corrected chi connectivity index (χ0v) is 2.50. The fourth-order valence-electron chi connectivity index (χ4n) is 0.0283. The molecule has 0 atom stereocenters. The maximum absolute atomic E-state index is 7.39. The Labute approximate surface area is 28.8 Å². The van der Waals surface area contributed by atoms with Crippen molar-refractivity contribution >= 4 is 6.72 Å². The van der Waals surface area contributed by atoms with E-state index in [2.05, 4.69) is 22.3 Å². The van der Waals surface area contributed by atoms with Crippen molar-refractivity contribution in [1.29, 1.82) is 0 Å². The topological polar surface area (TPSA) is 57.3 Å². The lowest BCUT2D eigenvalue weighted by molar-refractivity contribution is 0.282. The van der Waals surface area contributed by atoms with Crippen molar-refractivity contribution in [3.05, 3.63) is 0 Å². The minimum atomic E-state index is 2.25. The molecular weight excluding hydrogens is 70.0 g/mol. The lowest BCUT2D eigenvalue weighted by Gasteiger charge is -1.57. The molecule has 0 fully saturated rings. The van der Waals surface area contributed by atoms with E-state index < -0.39 is 0 Å². The highest BCUT2D eigenvalue weighted by Crippen LogP contribution is 1.61. The van der Waals surface area contributed by atoms with Gasteiger partial charge in [-0.2, -0.15) is 0 Å². The predicted molar refractivity (Wildman–Crippen MR) is 16.2 cm³/mol. The van der Waals surface area contributed by atoms with Gasteiger partial charge in [-0.25, -0.2) is 0 Å². The molecule has 28 valence electrons. The Hall–Kier alpha value is -0.930. The SMILES string of the molecule is C=NN=NO. The fourth-order valence-corrected chi connectivity index (χ4v) is 0.0283. The van der Waals surface area contributed by atoms with Gasteiger partial charge < -0.3 is 5.21 Å². The third kappa shape index (κ3) is 3.07. The summed E-state index contributed by atoms with van der Waals surface area (Å²) in [4.78, 5) is 0. The van der Waals surface area contributed by atoms with E-state index in [1.54, 1.807) is 0 Å². The Morgan fingerprint density at radius 2 is 2.20 bits per heavy atom. The van der Waals surface area contributed by atoms with Gasteiger partial charge in [0.1, 0.15) is 0 Å². The summed E-state index contributed by atoms with van der Waals surface area (Å²) in [5.41, 5.74) is 0. The first-order valence-electron chi connectivity index (χ1n) is 0.916. The van der Waals surface area contributed by atoms with Gasteiger partial charge in [-0.3, -0.25) is 0 Å². The highest BCUT2D eigenvalue weighted by molar-refractivity contribution is 5.22. The zero-order valence-electron chi connectivity index (χ0n) is 2.50. The molecule has 0 aromatic carbocycles. The molecule has 0 bridgehead atoms. The standard InChI is InChI=1S/CH3N3O/c1-2-3-4-5/h1H2,(H,3,5). The highest BCUT2D eigenvalue weighted by Gasteiger charge is 1.42. The smallest absolute Gasteiger partial charge is 0.0450 e. The van der Waals surface area contributed by atoms with Crippen LogP contribution in [-0.4, -0.2) is 11.9 Å². The van der Waals surface area contributed by atoms with Gasteiger partial charge in [0.15, 0.2) is 0 Å². The average molecular weight is 73.1 g/mol. The van der Waals surface area contributed by atoms with Crippen molar-refractivity contribution in [2.75, 3.05) is 0 Å². The second kappa shape index (κ2) is 3.07. The number of nitrogens with zero attached hydrogens (tertiary/aromatic N) is 3. The first-order chi connectivity index (χ1) is 2.41. The van der Waals surface area contributed by atoms with Crippen molar-refractivity contribution < 1.29 is 5.21 Å². The number of hydrogen-bond donors (Lipinski definition) is 1. The fraction of sp³-hybridized carbons (Fsp3) is 0. The van der Waals surface area contributed by atoms with Gasteiger partial charge in [0, 0.05) is 12.0 Å². The molecule has 0 saturated heterocycles. The molecule has 4 heteroatoms. The van der Waals surface area contributed by atoms with Crippen molar-refractivity contribution in [1.82, 2.24) is 0 Å². The average Bonchev–Trinajstić information content (AvgIpc) is 1.41. The highest BCUT2D eigenvalue weighted by atomic mass is 16.5. The van der Waals surface area contributed by atoms with Crippen molar-refractivity contribution in [2.45, 2.75) is 0 Å². The van der Waals surface area contributed by atoms with Crippen LogP contribution in [0, 0.1) is 0 Å². The van der Waals surface area contributed by atoms with E-state index in [1.807, 2.05) is 0 Å². The molecule has 0 aliphatic carbocycles. The second-order valence-electron chi connectivity index (χ2n) is 0.320. The van der Waals surface area contributed by atoms with E-state index >= 15 is 0 Å².